The summed E-state index contributed by atoms with van der Waals surface area (Å²) in [7, 11) is -3.28. The molecule has 0 spiro atoms. The average molecular weight is 267 g/mol. The normalized spacial score (nSPS) is 16.7. The minimum Gasteiger partial charge on any atom is -0.295 e. The third-order valence-electron chi connectivity index (χ3n) is 3.29. The summed E-state index contributed by atoms with van der Waals surface area (Å²) in [5.41, 5.74) is 1.10. The predicted octanol–water partition coefficient (Wildman–Crippen LogP) is 2.57. The van der Waals surface area contributed by atoms with Crippen molar-refractivity contribution in [3.63, 3.8) is 0 Å². The van der Waals surface area contributed by atoms with Crippen LogP contribution in [-0.2, 0) is 10.0 Å². The largest absolute Gasteiger partial charge is 0.295 e. The molecule has 1 aliphatic rings. The first-order valence-electron chi connectivity index (χ1n) is 6.12. The number of ketones is 1. The molecule has 4 nitrogen and oxygen atoms in total. The number of nitrogens with one attached hydrogen (secondary N) is 1. The van der Waals surface area contributed by atoms with Gasteiger partial charge in [0.1, 0.15) is 0 Å². The van der Waals surface area contributed by atoms with Gasteiger partial charge in [-0.15, -0.1) is 0 Å². The minimum absolute atomic E-state index is 0.0276. The number of hydrogen-bond donors (Lipinski definition) is 1. The minimum atomic E-state index is -3.28. The van der Waals surface area contributed by atoms with Crippen LogP contribution in [0.3, 0.4) is 0 Å². The van der Waals surface area contributed by atoms with Crippen molar-refractivity contribution >= 4 is 21.5 Å². The van der Waals surface area contributed by atoms with E-state index in [0.717, 1.165) is 25.7 Å². The molecule has 18 heavy (non-hydrogen) atoms. The Balaban J connectivity index is 2.11. The van der Waals surface area contributed by atoms with Crippen LogP contribution in [0.2, 0.25) is 0 Å². The van der Waals surface area contributed by atoms with Gasteiger partial charge in [-0.05, 0) is 44.0 Å². The van der Waals surface area contributed by atoms with Gasteiger partial charge in [0.2, 0.25) is 10.0 Å². The molecule has 0 unspecified atom stereocenters. The van der Waals surface area contributed by atoms with Gasteiger partial charge in [0.05, 0.1) is 5.25 Å². The van der Waals surface area contributed by atoms with Gasteiger partial charge < -0.3 is 0 Å². The zero-order valence-electron chi connectivity index (χ0n) is 10.3. The summed E-state index contributed by atoms with van der Waals surface area (Å²) >= 11 is 0. The first-order chi connectivity index (χ1) is 8.49. The standard InChI is InChI=1S/C13H17NO3S/c1-10(15)11-6-8-12(9-7-11)14-18(16,17)13-4-2-3-5-13/h6-9,13-14H,2-5H2,1H3. The highest BCUT2D eigenvalue weighted by atomic mass is 32.2. The number of Topliss-reactive ketones (excluding diaryl/α,β-unsaturated/α-hetero) is 1. The molecule has 0 bridgehead atoms. The van der Waals surface area contributed by atoms with E-state index in [0.29, 0.717) is 11.3 Å². The summed E-state index contributed by atoms with van der Waals surface area (Å²) in [5, 5.41) is -0.273. The van der Waals surface area contributed by atoms with Gasteiger partial charge in [0.15, 0.2) is 5.78 Å². The first kappa shape index (κ1) is 13.1. The maximum absolute atomic E-state index is 12.0. The first-order valence-corrected chi connectivity index (χ1v) is 7.66. The molecule has 2 rings (SSSR count). The number of sulfonamides is 1. The lowest BCUT2D eigenvalue weighted by atomic mass is 10.1. The number of hydrogen-bond acceptors (Lipinski definition) is 3. The lowest BCUT2D eigenvalue weighted by Crippen LogP contribution is -2.25. The van der Waals surface area contributed by atoms with Crippen LogP contribution in [-0.4, -0.2) is 19.5 Å². The lowest BCUT2D eigenvalue weighted by Gasteiger charge is -2.13. The van der Waals surface area contributed by atoms with E-state index in [1.54, 1.807) is 24.3 Å². The van der Waals surface area contributed by atoms with Gasteiger partial charge in [0.25, 0.3) is 0 Å². The van der Waals surface area contributed by atoms with E-state index in [2.05, 4.69) is 4.72 Å². The fourth-order valence-electron chi connectivity index (χ4n) is 2.22. The van der Waals surface area contributed by atoms with Gasteiger partial charge in [-0.25, -0.2) is 8.42 Å². The molecular weight excluding hydrogens is 250 g/mol. The Hall–Kier alpha value is -1.36. The SMILES string of the molecule is CC(=O)c1ccc(NS(=O)(=O)C2CCCC2)cc1. The average Bonchev–Trinajstić information content (AvgIpc) is 2.83. The molecule has 0 atom stereocenters. The van der Waals surface area contributed by atoms with Gasteiger partial charge in [-0.3, -0.25) is 9.52 Å². The van der Waals surface area contributed by atoms with Crippen LogP contribution in [0.5, 0.6) is 0 Å². The van der Waals surface area contributed by atoms with Gasteiger partial charge >= 0.3 is 0 Å². The highest BCUT2D eigenvalue weighted by Gasteiger charge is 2.28. The summed E-state index contributed by atoms with van der Waals surface area (Å²) in [6.45, 7) is 1.48. The second-order valence-corrected chi connectivity index (χ2v) is 6.65. The van der Waals surface area contributed by atoms with Gasteiger partial charge in [-0.1, -0.05) is 12.8 Å². The van der Waals surface area contributed by atoms with E-state index in [4.69, 9.17) is 0 Å². The van der Waals surface area contributed by atoms with E-state index in [1.165, 1.54) is 6.92 Å². The van der Waals surface area contributed by atoms with Crippen LogP contribution in [0.1, 0.15) is 43.0 Å². The Bertz CT molecular complexity index is 528. The fraction of sp³-hybridized carbons (Fsp3) is 0.462. The Morgan fingerprint density at radius 1 is 1.17 bits per heavy atom. The Labute approximate surface area is 107 Å². The van der Waals surface area contributed by atoms with E-state index < -0.39 is 10.0 Å². The maximum Gasteiger partial charge on any atom is 0.235 e. The Morgan fingerprint density at radius 3 is 2.22 bits per heavy atom. The number of benzene rings is 1. The van der Waals surface area contributed by atoms with Gasteiger partial charge in [0, 0.05) is 11.3 Å². The molecule has 1 fully saturated rings. The van der Waals surface area contributed by atoms with Crippen molar-refractivity contribution in [2.24, 2.45) is 0 Å². The molecule has 0 aromatic heterocycles. The van der Waals surface area contributed by atoms with Crippen molar-refractivity contribution in [2.45, 2.75) is 37.9 Å². The zero-order valence-corrected chi connectivity index (χ0v) is 11.2. The fourth-order valence-corrected chi connectivity index (χ4v) is 3.80. The molecule has 0 heterocycles. The molecular formula is C13H17NO3S. The van der Waals surface area contributed by atoms with Crippen molar-refractivity contribution in [3.05, 3.63) is 29.8 Å². The number of carbonyl (C=O) groups is 1. The van der Waals surface area contributed by atoms with E-state index >= 15 is 0 Å². The molecule has 0 amide bonds. The van der Waals surface area contributed by atoms with Crippen molar-refractivity contribution < 1.29 is 13.2 Å². The molecule has 98 valence electrons. The van der Waals surface area contributed by atoms with Crippen LogP contribution >= 0.6 is 0 Å². The highest BCUT2D eigenvalue weighted by Crippen LogP contribution is 2.26. The molecule has 5 heteroatoms. The van der Waals surface area contributed by atoms with E-state index in [-0.39, 0.29) is 11.0 Å². The number of rotatable bonds is 4. The second-order valence-electron chi connectivity index (χ2n) is 4.69. The molecule has 1 aliphatic carbocycles. The van der Waals surface area contributed by atoms with Crippen LogP contribution in [0.15, 0.2) is 24.3 Å². The Morgan fingerprint density at radius 2 is 1.72 bits per heavy atom. The second kappa shape index (κ2) is 5.10. The molecule has 0 radical (unpaired) electrons. The molecule has 1 N–H and O–H groups in total. The number of anilines is 1. The molecule has 1 aromatic carbocycles. The van der Waals surface area contributed by atoms with Crippen molar-refractivity contribution in [1.82, 2.24) is 0 Å². The Kier molecular flexibility index (Phi) is 3.71. The quantitative estimate of drug-likeness (QED) is 0.853. The van der Waals surface area contributed by atoms with Crippen LogP contribution in [0.25, 0.3) is 0 Å². The maximum atomic E-state index is 12.0. The van der Waals surface area contributed by atoms with Gasteiger partial charge in [-0.2, -0.15) is 0 Å². The highest BCUT2D eigenvalue weighted by molar-refractivity contribution is 7.93. The third kappa shape index (κ3) is 2.90. The van der Waals surface area contributed by atoms with Crippen molar-refractivity contribution in [3.8, 4) is 0 Å². The topological polar surface area (TPSA) is 63.2 Å². The summed E-state index contributed by atoms with van der Waals surface area (Å²) in [6.07, 6.45) is 3.44. The molecule has 1 aromatic rings. The van der Waals surface area contributed by atoms with Crippen LogP contribution in [0.4, 0.5) is 5.69 Å². The summed E-state index contributed by atoms with van der Waals surface area (Å²) in [6, 6.07) is 6.52. The summed E-state index contributed by atoms with van der Waals surface area (Å²) in [5.74, 6) is -0.0276. The molecule has 0 aliphatic heterocycles. The van der Waals surface area contributed by atoms with E-state index in [1.807, 2.05) is 0 Å². The summed E-state index contributed by atoms with van der Waals surface area (Å²) in [4.78, 5) is 11.1. The number of carbonyl (C=O) groups excluding carboxylic acids is 1. The zero-order chi connectivity index (χ0) is 13.2. The molecule has 0 saturated heterocycles. The van der Waals surface area contributed by atoms with Crippen molar-refractivity contribution in [1.29, 1.82) is 0 Å². The predicted molar refractivity (Wildman–Crippen MR) is 71.2 cm³/mol. The molecule has 1 saturated carbocycles. The van der Waals surface area contributed by atoms with Crippen molar-refractivity contribution in [2.75, 3.05) is 4.72 Å². The van der Waals surface area contributed by atoms with Crippen LogP contribution < -0.4 is 4.72 Å². The van der Waals surface area contributed by atoms with E-state index in [9.17, 15) is 13.2 Å². The summed E-state index contributed by atoms with van der Waals surface area (Å²) < 4.78 is 26.7. The lowest BCUT2D eigenvalue weighted by molar-refractivity contribution is 0.101. The smallest absolute Gasteiger partial charge is 0.235 e. The third-order valence-corrected chi connectivity index (χ3v) is 5.16. The monoisotopic (exact) mass is 267 g/mol. The van der Waals surface area contributed by atoms with Crippen LogP contribution in [0, 0.1) is 0 Å².